The van der Waals surface area contributed by atoms with Gasteiger partial charge in [0.1, 0.15) is 12.3 Å². The lowest BCUT2D eigenvalue weighted by atomic mass is 10.1. The van der Waals surface area contributed by atoms with Gasteiger partial charge in [0.25, 0.3) is 5.56 Å². The Kier molecular flexibility index (Phi) is 4.49. The second-order valence-corrected chi connectivity index (χ2v) is 5.26. The Balaban J connectivity index is 2.22. The monoisotopic (exact) mass is 369 g/mol. The molecule has 1 aromatic carbocycles. The first-order valence-electron chi connectivity index (χ1n) is 7.30. The van der Waals surface area contributed by atoms with Crippen molar-refractivity contribution in [3.8, 4) is 11.1 Å². The molecule has 0 bridgehead atoms. The van der Waals surface area contributed by atoms with Gasteiger partial charge in [-0.2, -0.15) is 13.2 Å². The Morgan fingerprint density at radius 1 is 1.23 bits per heavy atom. The van der Waals surface area contributed by atoms with E-state index in [1.165, 1.54) is 12.1 Å². The van der Waals surface area contributed by atoms with E-state index in [9.17, 15) is 27.2 Å². The summed E-state index contributed by atoms with van der Waals surface area (Å²) in [7, 11) is 0. The fraction of sp³-hybridized carbons (Fsp3) is 0.188. The highest BCUT2D eigenvalue weighted by Crippen LogP contribution is 2.37. The third-order valence-electron chi connectivity index (χ3n) is 3.51. The van der Waals surface area contributed by atoms with Gasteiger partial charge in [-0.25, -0.2) is 18.7 Å². The smallest absolute Gasteiger partial charge is 0.433 e. The minimum atomic E-state index is -4.76. The summed E-state index contributed by atoms with van der Waals surface area (Å²) in [5.41, 5.74) is -2.44. The maximum absolute atomic E-state index is 13.4. The number of nitrogens with one attached hydrogen (secondary N) is 1. The van der Waals surface area contributed by atoms with E-state index in [-0.39, 0.29) is 22.5 Å². The lowest BCUT2D eigenvalue weighted by Crippen LogP contribution is -2.17. The predicted molar refractivity (Wildman–Crippen MR) is 82.0 cm³/mol. The first-order chi connectivity index (χ1) is 12.3. The molecule has 0 saturated heterocycles. The van der Waals surface area contributed by atoms with E-state index in [1.807, 2.05) is 5.10 Å². The van der Waals surface area contributed by atoms with Crippen LogP contribution in [0.4, 0.5) is 17.6 Å². The van der Waals surface area contributed by atoms with Gasteiger partial charge in [0.2, 0.25) is 0 Å². The van der Waals surface area contributed by atoms with Gasteiger partial charge >= 0.3 is 12.1 Å². The first-order valence-corrected chi connectivity index (χ1v) is 7.30. The predicted octanol–water partition coefficient (Wildman–Crippen LogP) is 2.72. The van der Waals surface area contributed by atoms with Crippen molar-refractivity contribution < 1.29 is 27.1 Å². The summed E-state index contributed by atoms with van der Waals surface area (Å²) in [6.07, 6.45) is -4.76. The maximum Gasteiger partial charge on any atom is 0.433 e. The van der Waals surface area contributed by atoms with Crippen molar-refractivity contribution in [2.24, 2.45) is 0 Å². The van der Waals surface area contributed by atoms with E-state index in [4.69, 9.17) is 0 Å². The molecule has 2 aromatic heterocycles. The second-order valence-electron chi connectivity index (χ2n) is 5.26. The molecule has 0 aliphatic carbocycles. The lowest BCUT2D eigenvalue weighted by Gasteiger charge is -2.07. The number of aromatic nitrogens is 3. The van der Waals surface area contributed by atoms with Crippen LogP contribution in [0.25, 0.3) is 16.8 Å². The van der Waals surface area contributed by atoms with Crippen LogP contribution < -0.4 is 5.56 Å². The number of ether oxygens (including phenoxy) is 1. The molecule has 2 heterocycles. The first kappa shape index (κ1) is 17.6. The summed E-state index contributed by atoms with van der Waals surface area (Å²) in [4.78, 5) is 27.0. The minimum Gasteiger partial charge on any atom is -0.457 e. The molecule has 0 aliphatic rings. The van der Waals surface area contributed by atoms with Crippen molar-refractivity contribution in [1.82, 2.24) is 14.6 Å². The number of halogens is 4. The van der Waals surface area contributed by atoms with Gasteiger partial charge in [0, 0.05) is 6.07 Å². The standard InChI is InChI=1S/C16H11F4N3O3/c17-7-12(25)26-8-10-6-11(24)23-15(21-10)13(9-4-2-1-3-5-9)14(22-23)16(18,19)20/h1-6,22H,7-8H2. The average molecular weight is 369 g/mol. The molecule has 0 aliphatic heterocycles. The molecule has 3 aromatic rings. The summed E-state index contributed by atoms with van der Waals surface area (Å²) in [6.45, 7) is -1.89. The van der Waals surface area contributed by atoms with E-state index in [1.54, 1.807) is 18.2 Å². The van der Waals surface area contributed by atoms with Crippen LogP contribution in [-0.4, -0.2) is 27.2 Å². The molecule has 0 fully saturated rings. The molecule has 0 atom stereocenters. The number of nitrogens with zero attached hydrogens (tertiary/aromatic N) is 2. The fourth-order valence-corrected chi connectivity index (χ4v) is 2.44. The fourth-order valence-electron chi connectivity index (χ4n) is 2.44. The van der Waals surface area contributed by atoms with Gasteiger partial charge in [0.05, 0.1) is 11.3 Å². The molecule has 0 unspecified atom stereocenters. The topological polar surface area (TPSA) is 76.5 Å². The number of carbonyl (C=O) groups is 1. The van der Waals surface area contributed by atoms with E-state index < -0.39 is 36.7 Å². The van der Waals surface area contributed by atoms with Crippen LogP contribution in [0.5, 0.6) is 0 Å². The number of fused-ring (bicyclic) bond motifs is 1. The maximum atomic E-state index is 13.4. The van der Waals surface area contributed by atoms with Gasteiger partial charge in [-0.1, -0.05) is 30.3 Å². The van der Waals surface area contributed by atoms with Gasteiger partial charge in [-0.3, -0.25) is 9.89 Å². The number of alkyl halides is 4. The van der Waals surface area contributed by atoms with Crippen molar-refractivity contribution in [1.29, 1.82) is 0 Å². The quantitative estimate of drug-likeness (QED) is 0.567. The van der Waals surface area contributed by atoms with Crippen molar-refractivity contribution >= 4 is 11.6 Å². The van der Waals surface area contributed by atoms with E-state index in [0.29, 0.717) is 4.52 Å². The molecular formula is C16H11F4N3O3. The number of esters is 1. The number of hydrogen-bond donors (Lipinski definition) is 1. The molecule has 0 radical (unpaired) electrons. The zero-order valence-corrected chi connectivity index (χ0v) is 13.0. The Morgan fingerprint density at radius 2 is 1.92 bits per heavy atom. The third-order valence-corrected chi connectivity index (χ3v) is 3.51. The SMILES string of the molecule is O=C(CF)OCc1cc(=O)n2[nH]c(C(F)(F)F)c(-c3ccccc3)c2n1. The van der Waals surface area contributed by atoms with Crippen LogP contribution in [0.2, 0.25) is 0 Å². The largest absolute Gasteiger partial charge is 0.457 e. The van der Waals surface area contributed by atoms with Crippen molar-refractivity contribution in [2.45, 2.75) is 12.8 Å². The summed E-state index contributed by atoms with van der Waals surface area (Å²) in [6, 6.07) is 8.52. The average Bonchev–Trinajstić information content (AvgIpc) is 3.01. The van der Waals surface area contributed by atoms with Crippen LogP contribution in [0.3, 0.4) is 0 Å². The Bertz CT molecular complexity index is 1010. The van der Waals surface area contributed by atoms with Gasteiger partial charge in [-0.05, 0) is 5.56 Å². The third kappa shape index (κ3) is 3.30. The lowest BCUT2D eigenvalue weighted by molar-refractivity contribution is -0.146. The van der Waals surface area contributed by atoms with E-state index in [0.717, 1.165) is 6.07 Å². The second kappa shape index (κ2) is 6.62. The number of hydrogen-bond acceptors (Lipinski definition) is 4. The number of aromatic amines is 1. The minimum absolute atomic E-state index is 0.0956. The molecule has 10 heteroatoms. The van der Waals surface area contributed by atoms with Crippen LogP contribution >= 0.6 is 0 Å². The van der Waals surface area contributed by atoms with Crippen molar-refractivity contribution in [3.63, 3.8) is 0 Å². The van der Waals surface area contributed by atoms with Crippen LogP contribution in [-0.2, 0) is 22.3 Å². The van der Waals surface area contributed by atoms with Crippen molar-refractivity contribution in [2.75, 3.05) is 6.67 Å². The number of H-pyrrole nitrogens is 1. The highest BCUT2D eigenvalue weighted by molar-refractivity contribution is 5.80. The number of carbonyl (C=O) groups excluding carboxylic acids is 1. The number of benzene rings is 1. The van der Waals surface area contributed by atoms with Crippen molar-refractivity contribution in [3.05, 3.63) is 58.1 Å². The van der Waals surface area contributed by atoms with E-state index in [2.05, 4.69) is 9.72 Å². The van der Waals surface area contributed by atoms with Gasteiger partial charge in [-0.15, -0.1) is 0 Å². The zero-order chi connectivity index (χ0) is 18.9. The van der Waals surface area contributed by atoms with Crippen LogP contribution in [0.1, 0.15) is 11.4 Å². The van der Waals surface area contributed by atoms with Gasteiger partial charge < -0.3 is 4.74 Å². The highest BCUT2D eigenvalue weighted by Gasteiger charge is 2.38. The molecule has 136 valence electrons. The number of rotatable bonds is 4. The molecule has 0 spiro atoms. The van der Waals surface area contributed by atoms with Crippen LogP contribution in [0, 0.1) is 0 Å². The Hall–Kier alpha value is -3.17. The van der Waals surface area contributed by atoms with Gasteiger partial charge in [0.15, 0.2) is 12.3 Å². The highest BCUT2D eigenvalue weighted by atomic mass is 19.4. The Morgan fingerprint density at radius 3 is 2.54 bits per heavy atom. The molecule has 26 heavy (non-hydrogen) atoms. The normalized spacial score (nSPS) is 11.7. The summed E-state index contributed by atoms with van der Waals surface area (Å²) in [5, 5.41) is 2.02. The molecule has 3 rings (SSSR count). The van der Waals surface area contributed by atoms with Crippen LogP contribution in [0.15, 0.2) is 41.2 Å². The summed E-state index contributed by atoms with van der Waals surface area (Å²) in [5.74, 6) is -1.17. The zero-order valence-electron chi connectivity index (χ0n) is 13.0. The van der Waals surface area contributed by atoms with E-state index >= 15 is 0 Å². The molecule has 0 saturated carbocycles. The summed E-state index contributed by atoms with van der Waals surface area (Å²) < 4.78 is 57.6. The Labute approximate surface area is 143 Å². The molecule has 6 nitrogen and oxygen atoms in total. The summed E-state index contributed by atoms with van der Waals surface area (Å²) >= 11 is 0. The molecule has 0 amide bonds. The molecule has 1 N–H and O–H groups in total. The molecular weight excluding hydrogens is 358 g/mol.